The lowest BCUT2D eigenvalue weighted by Crippen LogP contribution is -2.32. The van der Waals surface area contributed by atoms with Crippen LogP contribution in [0.25, 0.3) is 0 Å². The number of piperidine rings is 1. The number of nitrogens with zero attached hydrogens (tertiary/aromatic N) is 1. The Labute approximate surface area is 114 Å². The Morgan fingerprint density at radius 2 is 1.16 bits per heavy atom. The van der Waals surface area contributed by atoms with E-state index in [9.17, 15) is 5.21 Å². The van der Waals surface area contributed by atoms with Gasteiger partial charge in [0.25, 0.3) is 0 Å². The molecule has 0 N–H and O–H groups in total. The molecule has 1 radical (unpaired) electrons. The molecule has 0 bridgehead atoms. The Morgan fingerprint density at radius 1 is 0.737 bits per heavy atom. The number of hydroxylamine groups is 2. The second-order valence-electron chi connectivity index (χ2n) is 5.14. The smallest absolute Gasteiger partial charge is 0.0639 e. The molecule has 0 amide bonds. The zero-order valence-corrected chi connectivity index (χ0v) is 10.9. The molecule has 97 valence electrons. The molecule has 1 saturated heterocycles. The van der Waals surface area contributed by atoms with Crippen LogP contribution in [0.3, 0.4) is 0 Å². The summed E-state index contributed by atoms with van der Waals surface area (Å²) < 4.78 is 0. The van der Waals surface area contributed by atoms with E-state index in [1.54, 1.807) is 0 Å². The summed E-state index contributed by atoms with van der Waals surface area (Å²) in [5.74, 6) is 0. The lowest BCUT2D eigenvalue weighted by molar-refractivity contribution is -0.234. The van der Waals surface area contributed by atoms with E-state index in [1.807, 2.05) is 36.4 Å². The van der Waals surface area contributed by atoms with Gasteiger partial charge in [-0.25, -0.2) is 0 Å². The molecule has 0 spiro atoms. The zero-order chi connectivity index (χ0) is 13.1. The summed E-state index contributed by atoms with van der Waals surface area (Å²) in [6.07, 6.45) is 3.02. The van der Waals surface area contributed by atoms with E-state index in [2.05, 4.69) is 24.3 Å². The minimum Gasteiger partial charge on any atom is -0.140 e. The molecular weight excluding hydrogens is 234 g/mol. The molecule has 2 aromatic carbocycles. The van der Waals surface area contributed by atoms with Crippen LogP contribution in [0.15, 0.2) is 60.7 Å². The summed E-state index contributed by atoms with van der Waals surface area (Å²) in [6.45, 7) is 0. The van der Waals surface area contributed by atoms with Crippen LogP contribution in [0.1, 0.15) is 42.5 Å². The fourth-order valence-corrected chi connectivity index (χ4v) is 2.95. The van der Waals surface area contributed by atoms with Crippen molar-refractivity contribution in [2.24, 2.45) is 0 Å². The van der Waals surface area contributed by atoms with Crippen LogP contribution in [0.2, 0.25) is 0 Å². The van der Waals surface area contributed by atoms with Crippen LogP contribution in [0.5, 0.6) is 0 Å². The summed E-state index contributed by atoms with van der Waals surface area (Å²) in [5, 5.41) is 13.9. The summed E-state index contributed by atoms with van der Waals surface area (Å²) in [7, 11) is 0. The second-order valence-corrected chi connectivity index (χ2v) is 5.14. The van der Waals surface area contributed by atoms with Gasteiger partial charge in [0.15, 0.2) is 0 Å². The van der Waals surface area contributed by atoms with Gasteiger partial charge in [-0.05, 0) is 30.4 Å². The average molecular weight is 252 g/mol. The normalized spacial score (nSPS) is 24.3. The van der Waals surface area contributed by atoms with Crippen molar-refractivity contribution in [2.75, 3.05) is 0 Å². The first-order valence-electron chi connectivity index (χ1n) is 6.91. The molecule has 3 rings (SSSR count). The van der Waals surface area contributed by atoms with Gasteiger partial charge in [-0.1, -0.05) is 60.7 Å². The quantitative estimate of drug-likeness (QED) is 0.781. The minimum atomic E-state index is 0.000145. The van der Waals surface area contributed by atoms with Crippen molar-refractivity contribution >= 4 is 0 Å². The third kappa shape index (κ3) is 2.55. The first-order valence-corrected chi connectivity index (χ1v) is 6.91. The third-order valence-corrected chi connectivity index (χ3v) is 3.94. The van der Waals surface area contributed by atoms with Gasteiger partial charge in [-0.2, -0.15) is 0 Å². The number of hydrogen-bond acceptors (Lipinski definition) is 1. The topological polar surface area (TPSA) is 23.1 Å². The number of benzene rings is 2. The molecule has 0 saturated carbocycles. The van der Waals surface area contributed by atoms with E-state index in [0.717, 1.165) is 30.4 Å². The molecule has 1 fully saturated rings. The molecule has 2 atom stereocenters. The molecule has 2 aromatic rings. The Morgan fingerprint density at radius 3 is 1.58 bits per heavy atom. The van der Waals surface area contributed by atoms with Crippen LogP contribution in [-0.4, -0.2) is 5.06 Å². The van der Waals surface area contributed by atoms with Gasteiger partial charge in [-0.15, -0.1) is 10.3 Å². The largest absolute Gasteiger partial charge is 0.140 e. The predicted molar refractivity (Wildman–Crippen MR) is 74.7 cm³/mol. The van der Waals surface area contributed by atoms with Crippen molar-refractivity contribution in [3.05, 3.63) is 71.8 Å². The molecule has 2 unspecified atom stereocenters. The highest BCUT2D eigenvalue weighted by Gasteiger charge is 2.32. The number of rotatable bonds is 2. The maximum Gasteiger partial charge on any atom is 0.0639 e. The van der Waals surface area contributed by atoms with Crippen molar-refractivity contribution in [1.82, 2.24) is 5.06 Å². The summed E-state index contributed by atoms with van der Waals surface area (Å²) in [5.41, 5.74) is 2.27. The standard InChI is InChI=1S/C17H18NO/c19-18-16(14-8-3-1-4-9-14)12-7-13-17(18)15-10-5-2-6-11-15/h1-6,8-11,16-17H,7,12-13H2. The molecule has 1 aliphatic rings. The highest BCUT2D eigenvalue weighted by atomic mass is 16.5. The van der Waals surface area contributed by atoms with E-state index in [0.29, 0.717) is 0 Å². The van der Waals surface area contributed by atoms with E-state index < -0.39 is 0 Å². The third-order valence-electron chi connectivity index (χ3n) is 3.94. The first kappa shape index (κ1) is 12.4. The van der Waals surface area contributed by atoms with Gasteiger partial charge >= 0.3 is 0 Å². The van der Waals surface area contributed by atoms with Crippen LogP contribution < -0.4 is 0 Å². The lowest BCUT2D eigenvalue weighted by Gasteiger charge is -2.36. The average Bonchev–Trinajstić information content (AvgIpc) is 2.49. The Kier molecular flexibility index (Phi) is 3.62. The summed E-state index contributed by atoms with van der Waals surface area (Å²) >= 11 is 0. The van der Waals surface area contributed by atoms with Crippen LogP contribution in [0, 0.1) is 0 Å². The molecule has 1 heterocycles. The summed E-state index contributed by atoms with van der Waals surface area (Å²) in [4.78, 5) is 0. The summed E-state index contributed by atoms with van der Waals surface area (Å²) in [6, 6.07) is 20.3. The van der Waals surface area contributed by atoms with Crippen LogP contribution >= 0.6 is 0 Å². The zero-order valence-electron chi connectivity index (χ0n) is 10.9. The van der Waals surface area contributed by atoms with Crippen molar-refractivity contribution in [3.8, 4) is 0 Å². The van der Waals surface area contributed by atoms with Gasteiger partial charge < -0.3 is 0 Å². The molecule has 1 aliphatic heterocycles. The van der Waals surface area contributed by atoms with Gasteiger partial charge in [0.1, 0.15) is 0 Å². The van der Waals surface area contributed by atoms with Gasteiger partial charge in [0.05, 0.1) is 12.1 Å². The second kappa shape index (κ2) is 5.55. The van der Waals surface area contributed by atoms with E-state index >= 15 is 0 Å². The lowest BCUT2D eigenvalue weighted by atomic mass is 9.89. The van der Waals surface area contributed by atoms with E-state index in [1.165, 1.54) is 5.06 Å². The molecule has 2 nitrogen and oxygen atoms in total. The number of hydrogen-bond donors (Lipinski definition) is 0. The SMILES string of the molecule is [O]N1C(c2ccccc2)CCCC1c1ccccc1. The highest BCUT2D eigenvalue weighted by Crippen LogP contribution is 2.40. The van der Waals surface area contributed by atoms with E-state index in [4.69, 9.17) is 0 Å². The molecule has 2 heteroatoms. The maximum absolute atomic E-state index is 12.6. The van der Waals surface area contributed by atoms with Gasteiger partial charge in [0, 0.05) is 0 Å². The van der Waals surface area contributed by atoms with Crippen molar-refractivity contribution < 1.29 is 5.21 Å². The van der Waals surface area contributed by atoms with Crippen LogP contribution in [-0.2, 0) is 5.21 Å². The minimum absolute atomic E-state index is 0.000145. The predicted octanol–water partition coefficient (Wildman–Crippen LogP) is 4.30. The van der Waals surface area contributed by atoms with Gasteiger partial charge in [0.2, 0.25) is 0 Å². The fourth-order valence-electron chi connectivity index (χ4n) is 2.95. The molecular formula is C17H18NO. The highest BCUT2D eigenvalue weighted by molar-refractivity contribution is 5.23. The van der Waals surface area contributed by atoms with Crippen molar-refractivity contribution in [3.63, 3.8) is 0 Å². The first-order chi connectivity index (χ1) is 9.36. The van der Waals surface area contributed by atoms with Gasteiger partial charge in [-0.3, -0.25) is 0 Å². The Bertz CT molecular complexity index is 464. The Hall–Kier alpha value is -1.64. The fraction of sp³-hybridized carbons (Fsp3) is 0.294. The van der Waals surface area contributed by atoms with Crippen LogP contribution in [0.4, 0.5) is 0 Å². The van der Waals surface area contributed by atoms with Crippen molar-refractivity contribution in [2.45, 2.75) is 31.3 Å². The maximum atomic E-state index is 12.6. The van der Waals surface area contributed by atoms with Crippen molar-refractivity contribution in [1.29, 1.82) is 0 Å². The monoisotopic (exact) mass is 252 g/mol. The van der Waals surface area contributed by atoms with E-state index in [-0.39, 0.29) is 12.1 Å². The molecule has 0 aliphatic carbocycles. The molecule has 0 aromatic heterocycles. The molecule has 19 heavy (non-hydrogen) atoms. The Balaban J connectivity index is 1.86.